The fourth-order valence-electron chi connectivity index (χ4n) is 2.13. The van der Waals surface area contributed by atoms with Crippen LogP contribution >= 0.6 is 0 Å². The third-order valence-corrected chi connectivity index (χ3v) is 2.46. The Bertz CT molecular complexity index is 331. The van der Waals surface area contributed by atoms with Crippen molar-refractivity contribution < 1.29 is 4.74 Å². The van der Waals surface area contributed by atoms with Crippen molar-refractivity contribution in [2.75, 3.05) is 7.11 Å². The van der Waals surface area contributed by atoms with Crippen molar-refractivity contribution in [3.05, 3.63) is 29.8 Å². The summed E-state index contributed by atoms with van der Waals surface area (Å²) in [4.78, 5) is 0. The Kier molecular flexibility index (Phi) is 4.36. The zero-order chi connectivity index (χ0) is 12.2. The minimum absolute atomic E-state index is 0.112. The van der Waals surface area contributed by atoms with Crippen LogP contribution in [0.15, 0.2) is 24.3 Å². The van der Waals surface area contributed by atoms with Gasteiger partial charge in [0.25, 0.3) is 0 Å². The lowest BCUT2D eigenvalue weighted by Gasteiger charge is -2.29. The van der Waals surface area contributed by atoms with Gasteiger partial charge in [0.1, 0.15) is 5.75 Å². The molecule has 1 aromatic rings. The second-order valence-electron chi connectivity index (χ2n) is 5.21. The normalized spacial score (nSPS) is 11.9. The minimum Gasteiger partial charge on any atom is -0.497 e. The molecule has 0 bridgehead atoms. The van der Waals surface area contributed by atoms with Crippen LogP contribution in [0, 0.1) is 0 Å². The lowest BCUT2D eigenvalue weighted by molar-refractivity contribution is 0.352. The third kappa shape index (κ3) is 4.23. The number of methoxy groups -OCH3 is 1. The van der Waals surface area contributed by atoms with Crippen molar-refractivity contribution in [3.63, 3.8) is 0 Å². The van der Waals surface area contributed by atoms with E-state index in [4.69, 9.17) is 4.74 Å². The molecular weight excluding hydrogens is 198 g/mol. The van der Waals surface area contributed by atoms with Crippen molar-refractivity contribution in [1.29, 1.82) is 0 Å². The predicted octanol–water partition coefficient (Wildman–Crippen LogP) is 3.01. The molecule has 16 heavy (non-hydrogen) atoms. The fourth-order valence-corrected chi connectivity index (χ4v) is 2.13. The first-order chi connectivity index (χ1) is 7.43. The highest BCUT2D eigenvalue weighted by Crippen LogP contribution is 2.18. The van der Waals surface area contributed by atoms with Crippen LogP contribution in [-0.2, 0) is 6.42 Å². The van der Waals surface area contributed by atoms with Crippen LogP contribution < -0.4 is 10.1 Å². The smallest absolute Gasteiger partial charge is 0.119 e. The maximum absolute atomic E-state index is 5.23. The average molecular weight is 221 g/mol. The molecule has 0 aliphatic rings. The van der Waals surface area contributed by atoms with Gasteiger partial charge in [-0.15, -0.1) is 0 Å². The van der Waals surface area contributed by atoms with Gasteiger partial charge in [0.2, 0.25) is 0 Å². The summed E-state index contributed by atoms with van der Waals surface area (Å²) < 4.78 is 5.23. The van der Waals surface area contributed by atoms with Gasteiger partial charge in [-0.2, -0.15) is 0 Å². The molecule has 2 nitrogen and oxygen atoms in total. The number of nitrogens with one attached hydrogen (secondary N) is 1. The van der Waals surface area contributed by atoms with E-state index in [0.717, 1.165) is 12.2 Å². The lowest BCUT2D eigenvalue weighted by atomic mass is 9.94. The molecule has 90 valence electrons. The molecule has 0 unspecified atom stereocenters. The molecule has 0 saturated heterocycles. The largest absolute Gasteiger partial charge is 0.497 e. The maximum Gasteiger partial charge on any atom is 0.119 e. The molecule has 0 amide bonds. The second-order valence-corrected chi connectivity index (χ2v) is 5.21. The van der Waals surface area contributed by atoms with Gasteiger partial charge in [-0.25, -0.2) is 0 Å². The van der Waals surface area contributed by atoms with E-state index in [2.05, 4.69) is 45.1 Å². The average Bonchev–Trinajstić information content (AvgIpc) is 2.15. The number of hydrogen-bond donors (Lipinski definition) is 1. The first kappa shape index (κ1) is 13.0. The van der Waals surface area contributed by atoms with E-state index in [-0.39, 0.29) is 5.54 Å². The van der Waals surface area contributed by atoms with Gasteiger partial charge in [-0.1, -0.05) is 26.0 Å². The predicted molar refractivity (Wildman–Crippen MR) is 69.0 cm³/mol. The van der Waals surface area contributed by atoms with E-state index in [1.165, 1.54) is 5.56 Å². The summed E-state index contributed by atoms with van der Waals surface area (Å²) in [6.07, 6.45) is 1.00. The quantitative estimate of drug-likeness (QED) is 0.825. The molecule has 0 aliphatic carbocycles. The summed E-state index contributed by atoms with van der Waals surface area (Å²) in [5.41, 5.74) is 1.41. The highest BCUT2D eigenvalue weighted by Gasteiger charge is 2.18. The van der Waals surface area contributed by atoms with Crippen LogP contribution in [0.5, 0.6) is 5.75 Å². The van der Waals surface area contributed by atoms with Gasteiger partial charge in [0.15, 0.2) is 0 Å². The molecule has 0 aliphatic heterocycles. The Morgan fingerprint density at radius 2 is 2.00 bits per heavy atom. The Morgan fingerprint density at radius 3 is 2.56 bits per heavy atom. The van der Waals surface area contributed by atoms with Gasteiger partial charge >= 0.3 is 0 Å². The van der Waals surface area contributed by atoms with Crippen LogP contribution in [0.25, 0.3) is 0 Å². The molecule has 2 heteroatoms. The monoisotopic (exact) mass is 221 g/mol. The molecule has 1 aromatic carbocycles. The zero-order valence-corrected chi connectivity index (χ0v) is 11.0. The first-order valence-corrected chi connectivity index (χ1v) is 5.83. The molecule has 0 saturated carbocycles. The zero-order valence-electron chi connectivity index (χ0n) is 11.0. The van der Waals surface area contributed by atoms with E-state index < -0.39 is 0 Å². The van der Waals surface area contributed by atoms with Crippen molar-refractivity contribution in [2.24, 2.45) is 0 Å². The van der Waals surface area contributed by atoms with Crippen molar-refractivity contribution in [1.82, 2.24) is 5.32 Å². The van der Waals surface area contributed by atoms with E-state index in [1.54, 1.807) is 7.11 Å². The molecule has 1 rings (SSSR count). The van der Waals surface area contributed by atoms with Crippen LogP contribution in [0.2, 0.25) is 0 Å². The van der Waals surface area contributed by atoms with Gasteiger partial charge in [0.05, 0.1) is 7.11 Å². The van der Waals surface area contributed by atoms with Crippen LogP contribution in [-0.4, -0.2) is 18.7 Å². The molecule has 0 atom stereocenters. The molecule has 1 N–H and O–H groups in total. The lowest BCUT2D eigenvalue weighted by Crippen LogP contribution is -2.45. The minimum atomic E-state index is 0.112. The Labute approximate surface area is 99.0 Å². The van der Waals surface area contributed by atoms with E-state index in [9.17, 15) is 0 Å². The van der Waals surface area contributed by atoms with E-state index in [1.807, 2.05) is 12.1 Å². The van der Waals surface area contributed by atoms with Gasteiger partial charge < -0.3 is 10.1 Å². The highest BCUT2D eigenvalue weighted by atomic mass is 16.5. The summed E-state index contributed by atoms with van der Waals surface area (Å²) in [6.45, 7) is 8.81. The Morgan fingerprint density at radius 1 is 1.31 bits per heavy atom. The third-order valence-electron chi connectivity index (χ3n) is 2.46. The van der Waals surface area contributed by atoms with E-state index in [0.29, 0.717) is 6.04 Å². The maximum atomic E-state index is 5.23. The number of benzene rings is 1. The number of ether oxygens (including phenoxy) is 1. The SMILES string of the molecule is COc1cccc(CC(C)(C)NC(C)C)c1. The number of hydrogen-bond acceptors (Lipinski definition) is 2. The topological polar surface area (TPSA) is 21.3 Å². The van der Waals surface area contributed by atoms with Gasteiger partial charge in [0, 0.05) is 11.6 Å². The standard InChI is InChI=1S/C14H23NO/c1-11(2)15-14(3,4)10-12-7-6-8-13(9-12)16-5/h6-9,11,15H,10H2,1-5H3. The van der Waals surface area contributed by atoms with Crippen LogP contribution in [0.3, 0.4) is 0 Å². The number of rotatable bonds is 5. The Hall–Kier alpha value is -1.02. The summed E-state index contributed by atoms with van der Waals surface area (Å²) in [5.74, 6) is 0.929. The molecule has 0 spiro atoms. The fraction of sp³-hybridized carbons (Fsp3) is 0.571. The summed E-state index contributed by atoms with van der Waals surface area (Å²) >= 11 is 0. The molecule has 0 heterocycles. The van der Waals surface area contributed by atoms with Crippen LogP contribution in [0.4, 0.5) is 0 Å². The van der Waals surface area contributed by atoms with Crippen molar-refractivity contribution >= 4 is 0 Å². The van der Waals surface area contributed by atoms with Crippen molar-refractivity contribution in [3.8, 4) is 5.75 Å². The molecule has 0 fully saturated rings. The van der Waals surface area contributed by atoms with E-state index >= 15 is 0 Å². The Balaban J connectivity index is 2.71. The second kappa shape index (κ2) is 5.35. The highest BCUT2D eigenvalue weighted by molar-refractivity contribution is 5.29. The summed E-state index contributed by atoms with van der Waals surface area (Å²) in [7, 11) is 1.70. The summed E-state index contributed by atoms with van der Waals surface area (Å²) in [6, 6.07) is 8.77. The van der Waals surface area contributed by atoms with Crippen LogP contribution in [0.1, 0.15) is 33.3 Å². The summed E-state index contributed by atoms with van der Waals surface area (Å²) in [5, 5.41) is 3.56. The van der Waals surface area contributed by atoms with Crippen molar-refractivity contribution in [2.45, 2.75) is 45.7 Å². The molecule has 0 radical (unpaired) electrons. The van der Waals surface area contributed by atoms with Gasteiger partial charge in [-0.3, -0.25) is 0 Å². The molecular formula is C14H23NO. The van der Waals surface area contributed by atoms with Gasteiger partial charge in [-0.05, 0) is 38.0 Å². The molecule has 0 aromatic heterocycles. The first-order valence-electron chi connectivity index (χ1n) is 5.83.